The smallest absolute Gasteiger partial charge is 0.258 e. The third-order valence-electron chi connectivity index (χ3n) is 3.49. The summed E-state index contributed by atoms with van der Waals surface area (Å²) < 4.78 is 1.80. The Morgan fingerprint density at radius 3 is 2.57 bits per heavy atom. The average molecular weight is 306 g/mol. The van der Waals surface area contributed by atoms with E-state index in [-0.39, 0.29) is 5.91 Å². The monoisotopic (exact) mass is 306 g/mol. The van der Waals surface area contributed by atoms with Gasteiger partial charge in [-0.1, -0.05) is 30.3 Å². The van der Waals surface area contributed by atoms with Gasteiger partial charge in [-0.25, -0.2) is 4.68 Å². The molecule has 2 aromatic heterocycles. The molecule has 0 atom stereocenters. The van der Waals surface area contributed by atoms with Gasteiger partial charge in [0.1, 0.15) is 5.82 Å². The van der Waals surface area contributed by atoms with Crippen molar-refractivity contribution in [1.82, 2.24) is 14.8 Å². The van der Waals surface area contributed by atoms with E-state index in [9.17, 15) is 4.79 Å². The van der Waals surface area contributed by atoms with Crippen molar-refractivity contribution in [3.8, 4) is 0 Å². The van der Waals surface area contributed by atoms with Crippen LogP contribution in [-0.2, 0) is 6.54 Å². The summed E-state index contributed by atoms with van der Waals surface area (Å²) in [6.07, 6.45) is 1.58. The van der Waals surface area contributed by atoms with Crippen LogP contribution in [0.1, 0.15) is 27.3 Å². The van der Waals surface area contributed by atoms with Gasteiger partial charge in [0.05, 0.1) is 17.8 Å². The molecule has 0 spiro atoms. The second-order valence-electron chi connectivity index (χ2n) is 5.46. The number of anilines is 1. The molecule has 5 nitrogen and oxygen atoms in total. The number of rotatable bonds is 4. The lowest BCUT2D eigenvalue weighted by atomic mass is 10.2. The quantitative estimate of drug-likeness (QED) is 0.805. The van der Waals surface area contributed by atoms with Crippen LogP contribution in [0.25, 0.3) is 0 Å². The number of carbonyl (C=O) groups excluding carboxylic acids is 1. The van der Waals surface area contributed by atoms with Gasteiger partial charge in [-0.05, 0) is 31.5 Å². The lowest BCUT2D eigenvalue weighted by Crippen LogP contribution is -2.16. The average Bonchev–Trinajstić information content (AvgIpc) is 2.88. The van der Waals surface area contributed by atoms with Crippen LogP contribution in [0.4, 0.5) is 5.82 Å². The molecule has 0 fully saturated rings. The van der Waals surface area contributed by atoms with E-state index < -0.39 is 0 Å². The summed E-state index contributed by atoms with van der Waals surface area (Å²) in [4.78, 5) is 16.5. The van der Waals surface area contributed by atoms with Crippen molar-refractivity contribution in [2.24, 2.45) is 0 Å². The molecule has 0 aliphatic carbocycles. The minimum Gasteiger partial charge on any atom is -0.307 e. The molecule has 0 aliphatic heterocycles. The third-order valence-corrected chi connectivity index (χ3v) is 3.49. The first kappa shape index (κ1) is 15.0. The van der Waals surface area contributed by atoms with E-state index in [2.05, 4.69) is 15.4 Å². The molecule has 0 saturated carbocycles. The predicted octanol–water partition coefficient (Wildman–Crippen LogP) is 3.20. The zero-order valence-electron chi connectivity index (χ0n) is 13.2. The zero-order valence-corrected chi connectivity index (χ0v) is 13.2. The summed E-state index contributed by atoms with van der Waals surface area (Å²) in [5.74, 6) is 0.489. The molecule has 1 amide bonds. The number of nitrogens with zero attached hydrogens (tertiary/aromatic N) is 3. The van der Waals surface area contributed by atoms with Gasteiger partial charge in [-0.3, -0.25) is 9.78 Å². The summed E-state index contributed by atoms with van der Waals surface area (Å²) in [6, 6.07) is 15.5. The standard InChI is InChI=1S/C18H18N4O/c1-13-8-9-16(11-19-13)18(23)20-17-10-14(2)21-22(17)12-15-6-4-3-5-7-15/h3-11H,12H2,1-2H3,(H,20,23). The molecule has 116 valence electrons. The SMILES string of the molecule is Cc1ccc(C(=O)Nc2cc(C)nn2Cc2ccccc2)cn1. The van der Waals surface area contributed by atoms with E-state index in [1.807, 2.05) is 56.3 Å². The highest BCUT2D eigenvalue weighted by Crippen LogP contribution is 2.14. The molecular formula is C18H18N4O. The molecule has 3 aromatic rings. The Morgan fingerprint density at radius 2 is 1.87 bits per heavy atom. The van der Waals surface area contributed by atoms with Crippen molar-refractivity contribution in [3.63, 3.8) is 0 Å². The van der Waals surface area contributed by atoms with E-state index in [1.165, 1.54) is 0 Å². The first-order valence-electron chi connectivity index (χ1n) is 7.44. The Hall–Kier alpha value is -2.95. The van der Waals surface area contributed by atoms with Gasteiger partial charge in [0, 0.05) is 18.0 Å². The number of aromatic nitrogens is 3. The van der Waals surface area contributed by atoms with E-state index >= 15 is 0 Å². The van der Waals surface area contributed by atoms with Crippen LogP contribution in [0.3, 0.4) is 0 Å². The summed E-state index contributed by atoms with van der Waals surface area (Å²) in [6.45, 7) is 4.40. The van der Waals surface area contributed by atoms with Crippen molar-refractivity contribution < 1.29 is 4.79 Å². The van der Waals surface area contributed by atoms with Crippen molar-refractivity contribution in [2.75, 3.05) is 5.32 Å². The number of amides is 1. The highest BCUT2D eigenvalue weighted by molar-refractivity contribution is 6.03. The molecule has 23 heavy (non-hydrogen) atoms. The first-order chi connectivity index (χ1) is 11.1. The van der Waals surface area contributed by atoms with Gasteiger partial charge >= 0.3 is 0 Å². The molecular weight excluding hydrogens is 288 g/mol. The van der Waals surface area contributed by atoms with Crippen molar-refractivity contribution in [3.05, 3.63) is 77.2 Å². The molecule has 5 heteroatoms. The number of hydrogen-bond acceptors (Lipinski definition) is 3. The van der Waals surface area contributed by atoms with E-state index in [0.29, 0.717) is 17.9 Å². The van der Waals surface area contributed by atoms with Gasteiger partial charge in [0.25, 0.3) is 5.91 Å². The Bertz CT molecular complexity index is 807. The predicted molar refractivity (Wildman–Crippen MR) is 89.4 cm³/mol. The van der Waals surface area contributed by atoms with Crippen LogP contribution in [0.5, 0.6) is 0 Å². The van der Waals surface area contributed by atoms with Gasteiger partial charge in [-0.2, -0.15) is 5.10 Å². The summed E-state index contributed by atoms with van der Waals surface area (Å²) in [5.41, 5.74) is 3.40. The van der Waals surface area contributed by atoms with Crippen LogP contribution < -0.4 is 5.32 Å². The normalized spacial score (nSPS) is 10.5. The van der Waals surface area contributed by atoms with Crippen LogP contribution in [0, 0.1) is 13.8 Å². The van der Waals surface area contributed by atoms with Gasteiger partial charge in [-0.15, -0.1) is 0 Å². The van der Waals surface area contributed by atoms with Crippen molar-refractivity contribution >= 4 is 11.7 Å². The fourth-order valence-corrected chi connectivity index (χ4v) is 2.31. The van der Waals surface area contributed by atoms with E-state index in [0.717, 1.165) is 17.0 Å². The number of nitrogens with one attached hydrogen (secondary N) is 1. The molecule has 0 radical (unpaired) electrons. The van der Waals surface area contributed by atoms with E-state index in [1.54, 1.807) is 16.9 Å². The van der Waals surface area contributed by atoms with Crippen molar-refractivity contribution in [2.45, 2.75) is 20.4 Å². The number of pyridine rings is 1. The Kier molecular flexibility index (Phi) is 4.19. The fraction of sp³-hybridized carbons (Fsp3) is 0.167. The van der Waals surface area contributed by atoms with Gasteiger partial charge < -0.3 is 5.32 Å². The molecule has 0 bridgehead atoms. The third kappa shape index (κ3) is 3.63. The maximum Gasteiger partial charge on any atom is 0.258 e. The highest BCUT2D eigenvalue weighted by atomic mass is 16.1. The van der Waals surface area contributed by atoms with Crippen molar-refractivity contribution in [1.29, 1.82) is 0 Å². The topological polar surface area (TPSA) is 59.8 Å². The number of aryl methyl sites for hydroxylation is 2. The maximum atomic E-state index is 12.3. The zero-order chi connectivity index (χ0) is 16.2. The van der Waals surface area contributed by atoms with Crippen LogP contribution in [0.2, 0.25) is 0 Å². The van der Waals surface area contributed by atoms with Gasteiger partial charge in [0.15, 0.2) is 0 Å². The molecule has 1 aromatic carbocycles. The second-order valence-corrected chi connectivity index (χ2v) is 5.46. The Morgan fingerprint density at radius 1 is 1.09 bits per heavy atom. The van der Waals surface area contributed by atoms with Crippen LogP contribution in [-0.4, -0.2) is 20.7 Å². The molecule has 2 heterocycles. The number of carbonyl (C=O) groups is 1. The minimum atomic E-state index is -0.188. The first-order valence-corrected chi connectivity index (χ1v) is 7.44. The molecule has 0 saturated heterocycles. The fourth-order valence-electron chi connectivity index (χ4n) is 2.31. The number of hydrogen-bond donors (Lipinski definition) is 1. The van der Waals surface area contributed by atoms with Crippen LogP contribution >= 0.6 is 0 Å². The highest BCUT2D eigenvalue weighted by Gasteiger charge is 2.11. The lowest BCUT2D eigenvalue weighted by molar-refractivity contribution is 0.102. The van der Waals surface area contributed by atoms with Gasteiger partial charge in [0.2, 0.25) is 0 Å². The molecule has 1 N–H and O–H groups in total. The molecule has 3 rings (SSSR count). The Labute approximate surface area is 135 Å². The summed E-state index contributed by atoms with van der Waals surface area (Å²) in [5, 5.41) is 7.36. The number of benzene rings is 1. The summed E-state index contributed by atoms with van der Waals surface area (Å²) in [7, 11) is 0. The molecule has 0 unspecified atom stereocenters. The summed E-state index contributed by atoms with van der Waals surface area (Å²) >= 11 is 0. The molecule has 0 aliphatic rings. The lowest BCUT2D eigenvalue weighted by Gasteiger charge is -2.09. The minimum absolute atomic E-state index is 0.188. The second kappa shape index (κ2) is 6.44. The maximum absolute atomic E-state index is 12.3. The largest absolute Gasteiger partial charge is 0.307 e. The van der Waals surface area contributed by atoms with Crippen LogP contribution in [0.15, 0.2) is 54.7 Å². The Balaban J connectivity index is 1.80. The van der Waals surface area contributed by atoms with E-state index in [4.69, 9.17) is 0 Å².